The number of rotatable bonds is 2. The largest absolute Gasteiger partial charge is 0.454 e. The quantitative estimate of drug-likeness (QED) is 0.472. The van der Waals surface area contributed by atoms with Crippen LogP contribution in [0.2, 0.25) is 0 Å². The van der Waals surface area contributed by atoms with Crippen molar-refractivity contribution in [2.24, 2.45) is 28.8 Å². The fourth-order valence-electron chi connectivity index (χ4n) is 4.12. The van der Waals surface area contributed by atoms with E-state index in [1.807, 2.05) is 6.07 Å². The number of carbonyl (C=O) groups is 2. The van der Waals surface area contributed by atoms with Crippen molar-refractivity contribution in [1.82, 2.24) is 5.01 Å². The van der Waals surface area contributed by atoms with Crippen molar-refractivity contribution in [3.05, 3.63) is 35.9 Å². The molecule has 1 saturated heterocycles. The predicted octanol–water partition coefficient (Wildman–Crippen LogP) is 1.56. The first-order chi connectivity index (χ1) is 11.2. The minimum Gasteiger partial charge on any atom is -0.454 e. The highest BCUT2D eigenvalue weighted by molar-refractivity contribution is 6.06. The number of hydrogen-bond acceptors (Lipinski definition) is 5. The molecule has 2 heterocycles. The van der Waals surface area contributed by atoms with E-state index in [2.05, 4.69) is 17.3 Å². The maximum absolute atomic E-state index is 12.5. The Morgan fingerprint density at radius 2 is 1.74 bits per heavy atom. The number of benzene rings is 1. The average molecular weight is 310 g/mol. The maximum Gasteiger partial charge on any atom is 0.254 e. The van der Waals surface area contributed by atoms with Crippen LogP contribution in [0.25, 0.3) is 0 Å². The third-order valence-electron chi connectivity index (χ3n) is 5.17. The van der Waals surface area contributed by atoms with E-state index in [1.54, 1.807) is 12.1 Å². The highest BCUT2D eigenvalue weighted by atomic mass is 16.7. The van der Waals surface area contributed by atoms with E-state index < -0.39 is 0 Å². The Hall–Kier alpha value is -2.63. The fraction of sp³-hybridized carbons (Fsp3) is 0.353. The third-order valence-corrected chi connectivity index (χ3v) is 5.17. The van der Waals surface area contributed by atoms with Gasteiger partial charge in [-0.25, -0.2) is 0 Å². The summed E-state index contributed by atoms with van der Waals surface area (Å²) in [6, 6.07) is 5.38. The summed E-state index contributed by atoms with van der Waals surface area (Å²) in [6.07, 6.45) is 6.59. The number of fused-ring (bicyclic) bond motifs is 6. The zero-order valence-corrected chi connectivity index (χ0v) is 12.2. The molecule has 5 rings (SSSR count). The van der Waals surface area contributed by atoms with Gasteiger partial charge >= 0.3 is 0 Å². The molecule has 0 N–H and O–H groups in total. The Morgan fingerprint density at radius 1 is 1.04 bits per heavy atom. The molecule has 2 aliphatic heterocycles. The van der Waals surface area contributed by atoms with E-state index >= 15 is 0 Å². The number of allylic oxidation sites excluding steroid dienone is 2. The van der Waals surface area contributed by atoms with E-state index in [-0.39, 0.29) is 42.3 Å². The molecule has 1 aromatic carbocycles. The normalized spacial score (nSPS) is 33.3. The Kier molecular flexibility index (Phi) is 2.48. The second kappa shape index (κ2) is 4.44. The first kappa shape index (κ1) is 12.9. The molecule has 4 unspecified atom stereocenters. The van der Waals surface area contributed by atoms with Crippen LogP contribution in [-0.2, 0) is 9.59 Å². The van der Waals surface area contributed by atoms with Crippen LogP contribution in [0.1, 0.15) is 12.0 Å². The number of imide groups is 1. The van der Waals surface area contributed by atoms with Crippen LogP contribution in [0.15, 0.2) is 35.5 Å². The van der Waals surface area contributed by atoms with E-state index in [0.29, 0.717) is 11.5 Å². The molecule has 0 aromatic heterocycles. The molecule has 0 spiro atoms. The van der Waals surface area contributed by atoms with Gasteiger partial charge in [-0.1, -0.05) is 12.2 Å². The van der Waals surface area contributed by atoms with Gasteiger partial charge in [0.15, 0.2) is 11.5 Å². The molecule has 2 amide bonds. The summed E-state index contributed by atoms with van der Waals surface area (Å²) in [5.41, 5.74) is 0.757. The summed E-state index contributed by atoms with van der Waals surface area (Å²) in [5.74, 6) is 0.958. The monoisotopic (exact) mass is 310 g/mol. The van der Waals surface area contributed by atoms with Crippen molar-refractivity contribution in [2.45, 2.75) is 6.42 Å². The lowest BCUT2D eigenvalue weighted by atomic mass is 9.85. The summed E-state index contributed by atoms with van der Waals surface area (Å²) in [7, 11) is 0. The molecular weight excluding hydrogens is 296 g/mol. The van der Waals surface area contributed by atoms with Gasteiger partial charge in [0.1, 0.15) is 0 Å². The number of hydrazone groups is 1. The van der Waals surface area contributed by atoms with Gasteiger partial charge in [-0.15, -0.1) is 0 Å². The first-order valence-electron chi connectivity index (χ1n) is 7.72. The smallest absolute Gasteiger partial charge is 0.254 e. The number of ether oxygens (including phenoxy) is 2. The maximum atomic E-state index is 12.5. The van der Waals surface area contributed by atoms with Crippen LogP contribution in [0.4, 0.5) is 0 Å². The molecule has 6 nitrogen and oxygen atoms in total. The van der Waals surface area contributed by atoms with Gasteiger partial charge in [0, 0.05) is 0 Å². The van der Waals surface area contributed by atoms with Gasteiger partial charge in [0.2, 0.25) is 6.79 Å². The SMILES string of the molecule is O=C1C2C3C=CC(C3)C2C(=O)N1N=Cc1ccc2c(c1)OCO2. The highest BCUT2D eigenvalue weighted by Gasteiger charge is 2.59. The Balaban J connectivity index is 1.41. The zero-order valence-electron chi connectivity index (χ0n) is 12.2. The molecule has 2 aliphatic carbocycles. The molecule has 4 atom stereocenters. The van der Waals surface area contributed by atoms with Crippen LogP contribution in [0.5, 0.6) is 11.5 Å². The van der Waals surface area contributed by atoms with E-state index in [4.69, 9.17) is 9.47 Å². The van der Waals surface area contributed by atoms with Crippen LogP contribution in [0, 0.1) is 23.7 Å². The van der Waals surface area contributed by atoms with Crippen molar-refractivity contribution >= 4 is 18.0 Å². The first-order valence-corrected chi connectivity index (χ1v) is 7.72. The molecule has 23 heavy (non-hydrogen) atoms. The fourth-order valence-corrected chi connectivity index (χ4v) is 4.12. The predicted molar refractivity (Wildman–Crippen MR) is 79.7 cm³/mol. The van der Waals surface area contributed by atoms with Crippen LogP contribution in [0.3, 0.4) is 0 Å². The minimum absolute atomic E-state index is 0.172. The third kappa shape index (κ3) is 1.72. The summed E-state index contributed by atoms with van der Waals surface area (Å²) >= 11 is 0. The van der Waals surface area contributed by atoms with Gasteiger partial charge in [-0.05, 0) is 42.0 Å². The van der Waals surface area contributed by atoms with E-state index in [9.17, 15) is 9.59 Å². The second-order valence-electron chi connectivity index (χ2n) is 6.35. The topological polar surface area (TPSA) is 68.2 Å². The van der Waals surface area contributed by atoms with Gasteiger partial charge < -0.3 is 9.47 Å². The molecule has 6 heteroatoms. The molecular formula is C17H14N2O4. The van der Waals surface area contributed by atoms with Crippen molar-refractivity contribution in [1.29, 1.82) is 0 Å². The number of hydrogen-bond donors (Lipinski definition) is 0. The molecule has 0 radical (unpaired) electrons. The van der Waals surface area contributed by atoms with Gasteiger partial charge in [0.05, 0.1) is 18.1 Å². The van der Waals surface area contributed by atoms with Gasteiger partial charge in [-0.3, -0.25) is 9.59 Å². The Morgan fingerprint density at radius 3 is 2.48 bits per heavy atom. The molecule has 2 fully saturated rings. The number of carbonyl (C=O) groups excluding carboxylic acids is 2. The van der Waals surface area contributed by atoms with Crippen molar-refractivity contribution < 1.29 is 19.1 Å². The summed E-state index contributed by atoms with van der Waals surface area (Å²) in [6.45, 7) is 0.207. The standard InChI is InChI=1S/C17H14N2O4/c20-16-14-10-2-3-11(6-10)15(14)17(21)19(16)18-7-9-1-4-12-13(5-9)23-8-22-12/h1-5,7,10-11,14-15H,6,8H2. The zero-order chi connectivity index (χ0) is 15.6. The highest BCUT2D eigenvalue weighted by Crippen LogP contribution is 2.52. The Bertz CT molecular complexity index is 755. The van der Waals surface area contributed by atoms with E-state index in [0.717, 1.165) is 17.0 Å². The number of nitrogens with zero attached hydrogens (tertiary/aromatic N) is 2. The molecule has 2 bridgehead atoms. The van der Waals surface area contributed by atoms with Crippen molar-refractivity contribution in [2.75, 3.05) is 6.79 Å². The van der Waals surface area contributed by atoms with Crippen molar-refractivity contribution in [3.8, 4) is 11.5 Å². The van der Waals surface area contributed by atoms with E-state index in [1.165, 1.54) is 6.21 Å². The molecule has 4 aliphatic rings. The Labute approximate surface area is 132 Å². The second-order valence-corrected chi connectivity index (χ2v) is 6.35. The summed E-state index contributed by atoms with van der Waals surface area (Å²) in [4.78, 5) is 25.0. The van der Waals surface area contributed by atoms with Crippen LogP contribution in [-0.4, -0.2) is 29.8 Å². The van der Waals surface area contributed by atoms with Gasteiger partial charge in [-0.2, -0.15) is 10.1 Å². The lowest BCUT2D eigenvalue weighted by Crippen LogP contribution is -2.28. The summed E-state index contributed by atoms with van der Waals surface area (Å²) in [5, 5.41) is 5.19. The lowest BCUT2D eigenvalue weighted by Gasteiger charge is -2.13. The summed E-state index contributed by atoms with van der Waals surface area (Å²) < 4.78 is 10.6. The lowest BCUT2D eigenvalue weighted by molar-refractivity contribution is -0.140. The van der Waals surface area contributed by atoms with Gasteiger partial charge in [0.25, 0.3) is 11.8 Å². The molecule has 1 saturated carbocycles. The number of amides is 2. The van der Waals surface area contributed by atoms with Crippen molar-refractivity contribution in [3.63, 3.8) is 0 Å². The minimum atomic E-state index is -0.216. The molecule has 116 valence electrons. The average Bonchev–Trinajstić information content (AvgIpc) is 3.30. The molecule has 1 aromatic rings. The van der Waals surface area contributed by atoms with Crippen LogP contribution < -0.4 is 9.47 Å². The van der Waals surface area contributed by atoms with Crippen LogP contribution >= 0.6 is 0 Å².